The van der Waals surface area contributed by atoms with Crippen molar-refractivity contribution in [2.24, 2.45) is 5.84 Å². The number of hydrogen-bond donors (Lipinski definition) is 2. The van der Waals surface area contributed by atoms with Crippen molar-refractivity contribution < 1.29 is 4.79 Å². The molecule has 1 amide bonds. The van der Waals surface area contributed by atoms with Gasteiger partial charge >= 0.3 is 0 Å². The molecular formula is C16H13N3OS. The summed E-state index contributed by atoms with van der Waals surface area (Å²) in [5.74, 6) is 4.94. The van der Waals surface area contributed by atoms with E-state index in [4.69, 9.17) is 5.84 Å². The number of amides is 1. The average molecular weight is 295 g/mol. The van der Waals surface area contributed by atoms with E-state index in [0.29, 0.717) is 5.56 Å². The molecule has 21 heavy (non-hydrogen) atoms. The molecule has 2 heterocycles. The summed E-state index contributed by atoms with van der Waals surface area (Å²) in [6, 6.07) is 13.3. The van der Waals surface area contributed by atoms with Crippen molar-refractivity contribution in [2.75, 3.05) is 0 Å². The Labute approximate surface area is 125 Å². The molecule has 0 saturated heterocycles. The zero-order chi connectivity index (χ0) is 14.7. The smallest absolute Gasteiger partial charge is 0.265 e. The van der Waals surface area contributed by atoms with Crippen LogP contribution in [0.1, 0.15) is 20.9 Å². The van der Waals surface area contributed by atoms with Gasteiger partial charge in [0.1, 0.15) is 0 Å². The van der Waals surface area contributed by atoms with Crippen LogP contribution in [0.5, 0.6) is 0 Å². The van der Waals surface area contributed by atoms with Crippen LogP contribution < -0.4 is 11.3 Å². The fourth-order valence-corrected chi connectivity index (χ4v) is 2.72. The molecule has 0 spiro atoms. The summed E-state index contributed by atoms with van der Waals surface area (Å²) < 4.78 is 0. The third-order valence-electron chi connectivity index (χ3n) is 3.07. The summed E-state index contributed by atoms with van der Waals surface area (Å²) in [7, 11) is 0. The standard InChI is InChI=1S/C16H13N3OS/c17-19-16(20)14-10-11(7-8-12-4-3-9-21-12)18-15-6-2-1-5-13(14)15/h1-10H,17H2,(H,19,20)/b8-7+. The quantitative estimate of drug-likeness (QED) is 0.443. The van der Waals surface area contributed by atoms with Crippen LogP contribution in [-0.2, 0) is 0 Å². The molecule has 0 aliphatic carbocycles. The van der Waals surface area contributed by atoms with Gasteiger partial charge in [0.2, 0.25) is 0 Å². The van der Waals surface area contributed by atoms with Crippen molar-refractivity contribution in [3.63, 3.8) is 0 Å². The van der Waals surface area contributed by atoms with Gasteiger partial charge in [-0.3, -0.25) is 10.2 Å². The number of fused-ring (bicyclic) bond motifs is 1. The van der Waals surface area contributed by atoms with Gasteiger partial charge in [-0.05, 0) is 35.7 Å². The summed E-state index contributed by atoms with van der Waals surface area (Å²) >= 11 is 1.65. The third-order valence-corrected chi connectivity index (χ3v) is 3.91. The van der Waals surface area contributed by atoms with E-state index in [1.54, 1.807) is 17.4 Å². The van der Waals surface area contributed by atoms with Crippen LogP contribution in [0.4, 0.5) is 0 Å². The van der Waals surface area contributed by atoms with Crippen LogP contribution in [0.15, 0.2) is 47.8 Å². The predicted molar refractivity (Wildman–Crippen MR) is 86.6 cm³/mol. The highest BCUT2D eigenvalue weighted by Crippen LogP contribution is 2.20. The number of carbonyl (C=O) groups is 1. The summed E-state index contributed by atoms with van der Waals surface area (Å²) in [5.41, 5.74) is 4.19. The molecule has 0 aliphatic heterocycles. The van der Waals surface area contributed by atoms with Crippen molar-refractivity contribution in [3.8, 4) is 0 Å². The number of nitrogens with zero attached hydrogens (tertiary/aromatic N) is 1. The fourth-order valence-electron chi connectivity index (χ4n) is 2.10. The summed E-state index contributed by atoms with van der Waals surface area (Å²) in [5, 5.41) is 2.80. The zero-order valence-electron chi connectivity index (χ0n) is 11.1. The maximum absolute atomic E-state index is 11.9. The Morgan fingerprint density at radius 3 is 2.81 bits per heavy atom. The van der Waals surface area contributed by atoms with Crippen LogP contribution in [-0.4, -0.2) is 10.9 Å². The number of para-hydroxylation sites is 1. The van der Waals surface area contributed by atoms with Crippen molar-refractivity contribution in [2.45, 2.75) is 0 Å². The van der Waals surface area contributed by atoms with E-state index in [-0.39, 0.29) is 5.91 Å². The highest BCUT2D eigenvalue weighted by atomic mass is 32.1. The lowest BCUT2D eigenvalue weighted by Crippen LogP contribution is -2.30. The van der Waals surface area contributed by atoms with Gasteiger partial charge in [-0.2, -0.15) is 0 Å². The third kappa shape index (κ3) is 2.84. The molecule has 5 heteroatoms. The summed E-state index contributed by atoms with van der Waals surface area (Å²) in [4.78, 5) is 17.6. The van der Waals surface area contributed by atoms with Crippen molar-refractivity contribution in [1.29, 1.82) is 0 Å². The van der Waals surface area contributed by atoms with E-state index in [0.717, 1.165) is 21.5 Å². The first-order valence-electron chi connectivity index (χ1n) is 6.40. The fraction of sp³-hybridized carbons (Fsp3) is 0. The predicted octanol–water partition coefficient (Wildman–Crippen LogP) is 3.07. The summed E-state index contributed by atoms with van der Waals surface area (Å²) in [6.07, 6.45) is 3.87. The monoisotopic (exact) mass is 295 g/mol. The van der Waals surface area contributed by atoms with Crippen LogP contribution in [0, 0.1) is 0 Å². The maximum Gasteiger partial charge on any atom is 0.265 e. The molecule has 3 rings (SSSR count). The number of nitrogens with one attached hydrogen (secondary N) is 1. The Morgan fingerprint density at radius 2 is 2.05 bits per heavy atom. The lowest BCUT2D eigenvalue weighted by atomic mass is 10.1. The highest BCUT2D eigenvalue weighted by Gasteiger charge is 2.10. The van der Waals surface area contributed by atoms with E-state index < -0.39 is 0 Å². The molecule has 3 N–H and O–H groups in total. The minimum Gasteiger partial charge on any atom is -0.290 e. The molecule has 104 valence electrons. The molecule has 1 aromatic carbocycles. The number of benzene rings is 1. The number of carbonyl (C=O) groups excluding carboxylic acids is 1. The van der Waals surface area contributed by atoms with Gasteiger partial charge in [-0.1, -0.05) is 24.3 Å². The first-order valence-corrected chi connectivity index (χ1v) is 7.28. The summed E-state index contributed by atoms with van der Waals surface area (Å²) in [6.45, 7) is 0. The molecule has 0 aliphatic rings. The van der Waals surface area contributed by atoms with E-state index in [9.17, 15) is 4.79 Å². The van der Waals surface area contributed by atoms with Crippen LogP contribution in [0.25, 0.3) is 23.1 Å². The van der Waals surface area contributed by atoms with Gasteiger partial charge in [0.15, 0.2) is 0 Å². The lowest BCUT2D eigenvalue weighted by molar-refractivity contribution is 0.0955. The van der Waals surface area contributed by atoms with Gasteiger partial charge < -0.3 is 0 Å². The number of hydrogen-bond acceptors (Lipinski definition) is 4. The Bertz CT molecular complexity index is 810. The molecule has 0 radical (unpaired) electrons. The van der Waals surface area contributed by atoms with Crippen molar-refractivity contribution >= 4 is 40.3 Å². The number of nitrogens with two attached hydrogens (primary N) is 1. The van der Waals surface area contributed by atoms with Gasteiger partial charge in [0.25, 0.3) is 5.91 Å². The van der Waals surface area contributed by atoms with Crippen LogP contribution in [0.3, 0.4) is 0 Å². The van der Waals surface area contributed by atoms with Gasteiger partial charge in [0, 0.05) is 10.3 Å². The normalized spacial score (nSPS) is 11.1. The molecule has 0 saturated carbocycles. The second-order valence-electron chi connectivity index (χ2n) is 4.43. The number of thiophene rings is 1. The minimum atomic E-state index is -0.320. The number of pyridine rings is 1. The number of nitrogen functional groups attached to an aromatic ring is 1. The van der Waals surface area contributed by atoms with Crippen LogP contribution in [0.2, 0.25) is 0 Å². The average Bonchev–Trinajstić information content (AvgIpc) is 3.04. The molecule has 0 unspecified atom stereocenters. The second kappa shape index (κ2) is 5.87. The Hall–Kier alpha value is -2.50. The molecule has 0 bridgehead atoms. The maximum atomic E-state index is 11.9. The second-order valence-corrected chi connectivity index (χ2v) is 5.41. The Kier molecular flexibility index (Phi) is 3.77. The number of aromatic nitrogens is 1. The topological polar surface area (TPSA) is 68.0 Å². The Balaban J connectivity index is 2.09. The van der Waals surface area contributed by atoms with E-state index in [1.807, 2.05) is 53.9 Å². The molecule has 3 aromatic rings. The van der Waals surface area contributed by atoms with Crippen molar-refractivity contribution in [1.82, 2.24) is 10.4 Å². The first kappa shape index (κ1) is 13.5. The highest BCUT2D eigenvalue weighted by molar-refractivity contribution is 7.10. The van der Waals surface area contributed by atoms with Gasteiger partial charge in [-0.25, -0.2) is 10.8 Å². The van der Waals surface area contributed by atoms with E-state index in [1.165, 1.54) is 0 Å². The van der Waals surface area contributed by atoms with Crippen molar-refractivity contribution in [3.05, 3.63) is 64.0 Å². The number of hydrazine groups is 1. The Morgan fingerprint density at radius 1 is 1.19 bits per heavy atom. The van der Waals surface area contributed by atoms with Gasteiger partial charge in [-0.15, -0.1) is 11.3 Å². The van der Waals surface area contributed by atoms with Gasteiger partial charge in [0.05, 0.1) is 16.8 Å². The van der Waals surface area contributed by atoms with E-state index in [2.05, 4.69) is 10.4 Å². The largest absolute Gasteiger partial charge is 0.290 e. The van der Waals surface area contributed by atoms with Crippen LogP contribution >= 0.6 is 11.3 Å². The molecule has 0 fully saturated rings. The molecule has 2 aromatic heterocycles. The zero-order valence-corrected chi connectivity index (χ0v) is 11.9. The molecule has 0 atom stereocenters. The SMILES string of the molecule is NNC(=O)c1cc(/C=C/c2cccs2)nc2ccccc12. The number of rotatable bonds is 3. The minimum absolute atomic E-state index is 0.320. The lowest BCUT2D eigenvalue weighted by Gasteiger charge is -2.06. The molecular weight excluding hydrogens is 282 g/mol. The first-order chi connectivity index (χ1) is 10.3. The van der Waals surface area contributed by atoms with E-state index >= 15 is 0 Å². The molecule has 4 nitrogen and oxygen atoms in total.